The fraction of sp³-hybridized carbons (Fsp3) is 0.150. The smallest absolute Gasteiger partial charge is 0.181 e. The van der Waals surface area contributed by atoms with E-state index in [1.165, 1.54) is 21.5 Å². The van der Waals surface area contributed by atoms with Gasteiger partial charge in [0, 0.05) is 69.2 Å². The Morgan fingerprint density at radius 3 is 1.26 bits per heavy atom. The van der Waals surface area contributed by atoms with E-state index in [1.54, 1.807) is 0 Å². The first-order chi connectivity index (χ1) is 22.3. The molecule has 0 aliphatic heterocycles. The van der Waals surface area contributed by atoms with Crippen LogP contribution in [0, 0.1) is 0 Å². The average Bonchev–Trinajstić information content (AvgIpc) is 3.89. The lowest BCUT2D eigenvalue weighted by Crippen LogP contribution is -2.20. The Bertz CT molecular complexity index is 2150. The molecule has 6 heteroatoms. The number of imidazole rings is 2. The van der Waals surface area contributed by atoms with Gasteiger partial charge in [-0.2, -0.15) is 0 Å². The fourth-order valence-corrected chi connectivity index (χ4v) is 6.70. The van der Waals surface area contributed by atoms with E-state index in [0.29, 0.717) is 0 Å². The second-order valence-electron chi connectivity index (χ2n) is 13.1. The average molecular weight is 601 g/mol. The predicted octanol–water partition coefficient (Wildman–Crippen LogP) is 9.34. The molecule has 0 saturated heterocycles. The van der Waals surface area contributed by atoms with Crippen LogP contribution in [0.1, 0.15) is 50.5 Å². The first-order valence-electron chi connectivity index (χ1n) is 15.8. The molecule has 0 fully saturated rings. The minimum Gasteiger partial charge on any atom is -0.363 e. The number of fused-ring (bicyclic) bond motifs is 2. The molecule has 0 atom stereocenters. The van der Waals surface area contributed by atoms with Crippen LogP contribution in [0.4, 0.5) is 0 Å². The molecular formula is C40H36N6. The second kappa shape index (κ2) is 10.5. The molecule has 4 aromatic carbocycles. The summed E-state index contributed by atoms with van der Waals surface area (Å²) in [5.74, 6) is 1.57. The highest BCUT2D eigenvalue weighted by Gasteiger charge is 2.34. The van der Waals surface area contributed by atoms with Crippen molar-refractivity contribution >= 4 is 21.5 Å². The molecular weight excluding hydrogens is 564 g/mol. The Balaban J connectivity index is 1.35. The zero-order valence-electron chi connectivity index (χ0n) is 26.5. The molecule has 226 valence electrons. The molecule has 4 heterocycles. The highest BCUT2D eigenvalue weighted by molar-refractivity contribution is 5.87. The second-order valence-corrected chi connectivity index (χ2v) is 13.1. The van der Waals surface area contributed by atoms with Crippen LogP contribution in [-0.4, -0.2) is 29.1 Å². The SMILES string of the molecule is CC(C)(c1cn(-c2ccccc2)c(-c2nc(C(C)(C)c3[nH]cc4ccccc34)cn2-c2ccccc2)n1)c1[nH]cc2ccccc12. The number of hydrogen-bond donors (Lipinski definition) is 2. The number of H-pyrrole nitrogens is 2. The molecule has 0 aliphatic carbocycles. The Labute approximate surface area is 268 Å². The maximum Gasteiger partial charge on any atom is 0.181 e. The van der Waals surface area contributed by atoms with Gasteiger partial charge in [0.25, 0.3) is 0 Å². The van der Waals surface area contributed by atoms with Gasteiger partial charge < -0.3 is 9.97 Å². The molecule has 8 rings (SSSR count). The van der Waals surface area contributed by atoms with E-state index in [1.807, 2.05) is 12.1 Å². The van der Waals surface area contributed by atoms with Gasteiger partial charge in [-0.15, -0.1) is 0 Å². The third-order valence-corrected chi connectivity index (χ3v) is 9.42. The van der Waals surface area contributed by atoms with E-state index < -0.39 is 10.8 Å². The first kappa shape index (κ1) is 27.9. The van der Waals surface area contributed by atoms with Crippen molar-refractivity contribution in [3.8, 4) is 23.0 Å². The van der Waals surface area contributed by atoms with Gasteiger partial charge in [-0.1, -0.05) is 84.9 Å². The van der Waals surface area contributed by atoms with Crippen LogP contribution in [0.15, 0.2) is 134 Å². The number of benzene rings is 4. The van der Waals surface area contributed by atoms with Crippen LogP contribution in [0.3, 0.4) is 0 Å². The number of aromatic amines is 2. The van der Waals surface area contributed by atoms with Crippen LogP contribution in [0.2, 0.25) is 0 Å². The van der Waals surface area contributed by atoms with E-state index in [2.05, 4.69) is 169 Å². The summed E-state index contributed by atoms with van der Waals surface area (Å²) in [6.45, 7) is 8.95. The standard InChI is InChI=1S/C40H36N6/c1-39(2,35-31-21-13-11-15-27(31)23-41-35)33-25-45(29-17-7-5-8-18-29)37(43-33)38-44-34(26-46(38)30-19-9-6-10-20-30)40(3,4)36-32-22-14-12-16-28(32)24-42-36/h5-26,41-42H,1-4H3. The van der Waals surface area contributed by atoms with Gasteiger partial charge in [0.15, 0.2) is 11.6 Å². The van der Waals surface area contributed by atoms with Gasteiger partial charge in [0.05, 0.1) is 11.4 Å². The van der Waals surface area contributed by atoms with Gasteiger partial charge in [0.2, 0.25) is 0 Å². The van der Waals surface area contributed by atoms with E-state index in [-0.39, 0.29) is 0 Å². The van der Waals surface area contributed by atoms with Crippen LogP contribution in [0.25, 0.3) is 44.6 Å². The Kier molecular flexibility index (Phi) is 6.36. The quantitative estimate of drug-likeness (QED) is 0.191. The van der Waals surface area contributed by atoms with Crippen molar-refractivity contribution in [2.75, 3.05) is 0 Å². The number of rotatable bonds is 7. The summed E-state index contributed by atoms with van der Waals surface area (Å²) >= 11 is 0. The molecule has 2 N–H and O–H groups in total. The summed E-state index contributed by atoms with van der Waals surface area (Å²) in [6.07, 6.45) is 8.52. The topological polar surface area (TPSA) is 67.2 Å². The zero-order chi connectivity index (χ0) is 31.5. The Morgan fingerprint density at radius 2 is 0.848 bits per heavy atom. The number of nitrogens with one attached hydrogen (secondary N) is 2. The van der Waals surface area contributed by atoms with Crippen LogP contribution in [0.5, 0.6) is 0 Å². The molecule has 0 saturated carbocycles. The predicted molar refractivity (Wildman–Crippen MR) is 187 cm³/mol. The van der Waals surface area contributed by atoms with E-state index in [9.17, 15) is 0 Å². The lowest BCUT2D eigenvalue weighted by atomic mass is 9.84. The van der Waals surface area contributed by atoms with Crippen LogP contribution < -0.4 is 0 Å². The Hall–Kier alpha value is -5.62. The number of para-hydroxylation sites is 2. The Morgan fingerprint density at radius 1 is 0.478 bits per heavy atom. The monoisotopic (exact) mass is 600 g/mol. The minimum absolute atomic E-state index is 0.409. The molecule has 6 nitrogen and oxygen atoms in total. The number of hydrogen-bond acceptors (Lipinski definition) is 2. The molecule has 8 aromatic rings. The van der Waals surface area contributed by atoms with E-state index in [0.717, 1.165) is 45.8 Å². The highest BCUT2D eigenvalue weighted by Crippen LogP contribution is 2.40. The van der Waals surface area contributed by atoms with Gasteiger partial charge in [-0.25, -0.2) is 9.97 Å². The summed E-state index contributed by atoms with van der Waals surface area (Å²) in [4.78, 5) is 18.0. The first-order valence-corrected chi connectivity index (χ1v) is 15.8. The summed E-state index contributed by atoms with van der Waals surface area (Å²) in [6, 6.07) is 37.8. The third-order valence-electron chi connectivity index (χ3n) is 9.42. The van der Waals surface area contributed by atoms with Crippen molar-refractivity contribution in [1.29, 1.82) is 0 Å². The molecule has 46 heavy (non-hydrogen) atoms. The molecule has 0 aliphatic rings. The molecule has 0 amide bonds. The summed E-state index contributed by atoms with van der Waals surface area (Å²) in [7, 11) is 0. The lowest BCUT2D eigenvalue weighted by molar-refractivity contribution is 0.606. The summed E-state index contributed by atoms with van der Waals surface area (Å²) < 4.78 is 4.37. The minimum atomic E-state index is -0.409. The molecule has 0 radical (unpaired) electrons. The van der Waals surface area contributed by atoms with Gasteiger partial charge >= 0.3 is 0 Å². The van der Waals surface area contributed by atoms with E-state index >= 15 is 0 Å². The molecule has 0 spiro atoms. The summed E-state index contributed by atoms with van der Waals surface area (Å²) in [5, 5.41) is 4.79. The van der Waals surface area contributed by atoms with Crippen LogP contribution in [-0.2, 0) is 10.8 Å². The maximum absolute atomic E-state index is 5.44. The van der Waals surface area contributed by atoms with Gasteiger partial charge in [0.1, 0.15) is 0 Å². The maximum atomic E-state index is 5.44. The largest absolute Gasteiger partial charge is 0.363 e. The number of nitrogens with zero attached hydrogens (tertiary/aromatic N) is 4. The molecule has 0 bridgehead atoms. The van der Waals surface area contributed by atoms with E-state index in [4.69, 9.17) is 9.97 Å². The van der Waals surface area contributed by atoms with Crippen molar-refractivity contribution in [3.63, 3.8) is 0 Å². The van der Waals surface area contributed by atoms with Gasteiger partial charge in [-0.05, 0) is 62.7 Å². The van der Waals surface area contributed by atoms with Crippen molar-refractivity contribution in [2.24, 2.45) is 0 Å². The van der Waals surface area contributed by atoms with Crippen molar-refractivity contribution in [3.05, 3.63) is 157 Å². The fourth-order valence-electron chi connectivity index (χ4n) is 6.70. The zero-order valence-corrected chi connectivity index (χ0v) is 26.5. The third kappa shape index (κ3) is 4.40. The lowest BCUT2D eigenvalue weighted by Gasteiger charge is -2.22. The van der Waals surface area contributed by atoms with Crippen molar-refractivity contribution in [1.82, 2.24) is 29.1 Å². The van der Waals surface area contributed by atoms with Crippen molar-refractivity contribution in [2.45, 2.75) is 38.5 Å². The normalized spacial score (nSPS) is 12.3. The highest BCUT2D eigenvalue weighted by atomic mass is 15.2. The molecule has 4 aromatic heterocycles. The molecule has 0 unspecified atom stereocenters. The van der Waals surface area contributed by atoms with Crippen LogP contribution >= 0.6 is 0 Å². The summed E-state index contributed by atoms with van der Waals surface area (Å²) in [5.41, 5.74) is 5.43. The number of aromatic nitrogens is 6. The van der Waals surface area contributed by atoms with Crippen molar-refractivity contribution < 1.29 is 0 Å². The van der Waals surface area contributed by atoms with Gasteiger partial charge in [-0.3, -0.25) is 9.13 Å².